The fourth-order valence-electron chi connectivity index (χ4n) is 2.43. The molecule has 6 heteroatoms. The number of amides is 1. The standard InChI is InChI=1S/C20H20ClN3O2/c21-18-7-9-19(10-8-18)26-15-16-3-5-17(6-4-16)20(25)22-11-1-13-24-14-2-12-23-24/h2-10,12,14H,1,11,13,15H2,(H,22,25). The van der Waals surface area contributed by atoms with E-state index in [2.05, 4.69) is 10.4 Å². The number of hydrogen-bond acceptors (Lipinski definition) is 3. The number of aromatic nitrogens is 2. The van der Waals surface area contributed by atoms with Crippen LogP contribution in [0.5, 0.6) is 5.75 Å². The van der Waals surface area contributed by atoms with Crippen molar-refractivity contribution < 1.29 is 9.53 Å². The van der Waals surface area contributed by atoms with Crippen LogP contribution in [-0.2, 0) is 13.2 Å². The van der Waals surface area contributed by atoms with Crippen molar-refractivity contribution in [1.82, 2.24) is 15.1 Å². The second kappa shape index (κ2) is 9.06. The van der Waals surface area contributed by atoms with E-state index in [4.69, 9.17) is 16.3 Å². The molecule has 1 heterocycles. The van der Waals surface area contributed by atoms with Gasteiger partial charge in [-0.25, -0.2) is 0 Å². The van der Waals surface area contributed by atoms with Crippen molar-refractivity contribution >= 4 is 17.5 Å². The third kappa shape index (κ3) is 5.36. The molecule has 134 valence electrons. The fraction of sp³-hybridized carbons (Fsp3) is 0.200. The van der Waals surface area contributed by atoms with Crippen LogP contribution in [0.15, 0.2) is 67.0 Å². The molecule has 2 aromatic carbocycles. The topological polar surface area (TPSA) is 56.2 Å². The Morgan fingerprint density at radius 3 is 2.58 bits per heavy atom. The summed E-state index contributed by atoms with van der Waals surface area (Å²) in [5, 5.41) is 7.73. The van der Waals surface area contributed by atoms with E-state index < -0.39 is 0 Å². The molecule has 3 rings (SSSR count). The van der Waals surface area contributed by atoms with E-state index in [1.807, 2.05) is 53.3 Å². The van der Waals surface area contributed by atoms with E-state index in [1.54, 1.807) is 18.3 Å². The highest BCUT2D eigenvalue weighted by Crippen LogP contribution is 2.17. The average Bonchev–Trinajstić information content (AvgIpc) is 3.18. The van der Waals surface area contributed by atoms with E-state index >= 15 is 0 Å². The molecule has 0 bridgehead atoms. The first-order chi connectivity index (χ1) is 12.7. The van der Waals surface area contributed by atoms with Crippen molar-refractivity contribution in [2.45, 2.75) is 19.6 Å². The minimum atomic E-state index is -0.0735. The summed E-state index contributed by atoms with van der Waals surface area (Å²) in [6.07, 6.45) is 4.49. The van der Waals surface area contributed by atoms with E-state index in [9.17, 15) is 4.79 Å². The summed E-state index contributed by atoms with van der Waals surface area (Å²) >= 11 is 5.85. The quantitative estimate of drug-likeness (QED) is 0.612. The smallest absolute Gasteiger partial charge is 0.251 e. The van der Waals surface area contributed by atoms with Gasteiger partial charge in [0.25, 0.3) is 5.91 Å². The van der Waals surface area contributed by atoms with Gasteiger partial charge in [0.05, 0.1) is 0 Å². The zero-order valence-electron chi connectivity index (χ0n) is 14.3. The van der Waals surface area contributed by atoms with E-state index in [1.165, 1.54) is 0 Å². The number of nitrogens with zero attached hydrogens (tertiary/aromatic N) is 2. The molecule has 3 aromatic rings. The molecule has 5 nitrogen and oxygen atoms in total. The number of carbonyl (C=O) groups is 1. The van der Waals surface area contributed by atoms with E-state index in [0.717, 1.165) is 24.3 Å². The fourth-order valence-corrected chi connectivity index (χ4v) is 2.55. The zero-order chi connectivity index (χ0) is 18.2. The maximum absolute atomic E-state index is 12.2. The van der Waals surface area contributed by atoms with E-state index in [0.29, 0.717) is 23.7 Å². The Hall–Kier alpha value is -2.79. The van der Waals surface area contributed by atoms with Gasteiger partial charge in [0, 0.05) is 36.1 Å². The van der Waals surface area contributed by atoms with Gasteiger partial charge < -0.3 is 10.1 Å². The van der Waals surface area contributed by atoms with Crippen LogP contribution in [0.4, 0.5) is 0 Å². The highest BCUT2D eigenvalue weighted by molar-refractivity contribution is 6.30. The van der Waals surface area contributed by atoms with Crippen LogP contribution in [0.3, 0.4) is 0 Å². The Balaban J connectivity index is 1.42. The molecule has 0 aliphatic heterocycles. The first-order valence-corrected chi connectivity index (χ1v) is 8.81. The second-order valence-corrected chi connectivity index (χ2v) is 6.25. The Morgan fingerprint density at radius 1 is 1.12 bits per heavy atom. The molecule has 1 amide bonds. The first kappa shape index (κ1) is 18.0. The highest BCUT2D eigenvalue weighted by Gasteiger charge is 2.05. The molecule has 0 spiro atoms. The SMILES string of the molecule is O=C(NCCCn1cccn1)c1ccc(COc2ccc(Cl)cc2)cc1. The van der Waals surface area contributed by atoms with Crippen LogP contribution in [0.25, 0.3) is 0 Å². The van der Waals surface area contributed by atoms with Crippen LogP contribution < -0.4 is 10.1 Å². The van der Waals surface area contributed by atoms with Crippen molar-refractivity contribution in [3.63, 3.8) is 0 Å². The number of ether oxygens (including phenoxy) is 1. The molecule has 1 N–H and O–H groups in total. The Morgan fingerprint density at radius 2 is 1.88 bits per heavy atom. The lowest BCUT2D eigenvalue weighted by molar-refractivity contribution is 0.0952. The maximum Gasteiger partial charge on any atom is 0.251 e. The summed E-state index contributed by atoms with van der Waals surface area (Å²) in [5.41, 5.74) is 1.63. The summed E-state index contributed by atoms with van der Waals surface area (Å²) in [7, 11) is 0. The number of aryl methyl sites for hydroxylation is 1. The molecule has 0 saturated carbocycles. The number of benzene rings is 2. The van der Waals surface area contributed by atoms with Gasteiger partial charge >= 0.3 is 0 Å². The maximum atomic E-state index is 12.2. The summed E-state index contributed by atoms with van der Waals surface area (Å²) in [6, 6.07) is 16.5. The van der Waals surface area contributed by atoms with Crippen molar-refractivity contribution in [2.75, 3.05) is 6.54 Å². The summed E-state index contributed by atoms with van der Waals surface area (Å²) in [5.74, 6) is 0.684. The molecule has 0 radical (unpaired) electrons. The number of hydrogen-bond donors (Lipinski definition) is 1. The van der Waals surface area contributed by atoms with Gasteiger partial charge in [0.1, 0.15) is 12.4 Å². The molecule has 0 atom stereocenters. The van der Waals surface area contributed by atoms with Crippen molar-refractivity contribution in [3.8, 4) is 5.75 Å². The normalized spacial score (nSPS) is 10.5. The monoisotopic (exact) mass is 369 g/mol. The average molecular weight is 370 g/mol. The van der Waals surface area contributed by atoms with Crippen molar-refractivity contribution in [3.05, 3.63) is 83.1 Å². The van der Waals surface area contributed by atoms with Gasteiger partial charge in [0.15, 0.2) is 0 Å². The lowest BCUT2D eigenvalue weighted by atomic mass is 10.1. The van der Waals surface area contributed by atoms with Gasteiger partial charge in [-0.2, -0.15) is 5.10 Å². The Kier molecular flexibility index (Phi) is 6.28. The van der Waals surface area contributed by atoms with Crippen LogP contribution in [0.1, 0.15) is 22.3 Å². The Labute approximate surface area is 157 Å². The lowest BCUT2D eigenvalue weighted by Crippen LogP contribution is -2.25. The van der Waals surface area contributed by atoms with Crippen LogP contribution in [0.2, 0.25) is 5.02 Å². The minimum Gasteiger partial charge on any atom is -0.489 e. The van der Waals surface area contributed by atoms with Gasteiger partial charge in [-0.15, -0.1) is 0 Å². The molecule has 0 saturated heterocycles. The third-order valence-electron chi connectivity index (χ3n) is 3.84. The van der Waals surface area contributed by atoms with Gasteiger partial charge in [0.2, 0.25) is 0 Å². The highest BCUT2D eigenvalue weighted by atomic mass is 35.5. The largest absolute Gasteiger partial charge is 0.489 e. The van der Waals surface area contributed by atoms with Gasteiger partial charge in [-0.05, 0) is 54.4 Å². The minimum absolute atomic E-state index is 0.0735. The van der Waals surface area contributed by atoms with Crippen molar-refractivity contribution in [1.29, 1.82) is 0 Å². The summed E-state index contributed by atoms with van der Waals surface area (Å²) in [4.78, 5) is 12.2. The predicted octanol–water partition coefficient (Wildman–Crippen LogP) is 3.94. The Bertz CT molecular complexity index is 815. The van der Waals surface area contributed by atoms with E-state index in [-0.39, 0.29) is 5.91 Å². The first-order valence-electron chi connectivity index (χ1n) is 8.44. The number of rotatable bonds is 8. The molecule has 1 aromatic heterocycles. The molecule has 0 fully saturated rings. The molecular weight excluding hydrogens is 350 g/mol. The zero-order valence-corrected chi connectivity index (χ0v) is 15.0. The van der Waals surface area contributed by atoms with Crippen molar-refractivity contribution in [2.24, 2.45) is 0 Å². The van der Waals surface area contributed by atoms with Gasteiger partial charge in [-0.3, -0.25) is 9.48 Å². The lowest BCUT2D eigenvalue weighted by Gasteiger charge is -2.08. The number of nitrogens with one attached hydrogen (secondary N) is 1. The number of carbonyl (C=O) groups excluding carboxylic acids is 1. The van der Waals surface area contributed by atoms with Crippen LogP contribution >= 0.6 is 11.6 Å². The summed E-state index contributed by atoms with van der Waals surface area (Å²) in [6.45, 7) is 1.84. The number of halogens is 1. The van der Waals surface area contributed by atoms with Crippen LogP contribution in [0, 0.1) is 0 Å². The second-order valence-electron chi connectivity index (χ2n) is 5.82. The molecule has 0 aliphatic rings. The third-order valence-corrected chi connectivity index (χ3v) is 4.10. The molecule has 26 heavy (non-hydrogen) atoms. The molecule has 0 aliphatic carbocycles. The van der Waals surface area contributed by atoms with Crippen LogP contribution in [-0.4, -0.2) is 22.2 Å². The predicted molar refractivity (Wildman–Crippen MR) is 101 cm³/mol. The molecular formula is C20H20ClN3O2. The van der Waals surface area contributed by atoms with Gasteiger partial charge in [-0.1, -0.05) is 23.7 Å². The molecule has 0 unspecified atom stereocenters. The summed E-state index contributed by atoms with van der Waals surface area (Å²) < 4.78 is 7.54.